The van der Waals surface area contributed by atoms with Gasteiger partial charge in [0, 0.05) is 26.6 Å². The molecule has 0 radical (unpaired) electrons. The lowest BCUT2D eigenvalue weighted by Crippen LogP contribution is -2.37. The molecule has 0 aliphatic carbocycles. The van der Waals surface area contributed by atoms with Crippen molar-refractivity contribution in [1.29, 1.82) is 0 Å². The monoisotopic (exact) mass is 336 g/mol. The van der Waals surface area contributed by atoms with E-state index >= 15 is 0 Å². The van der Waals surface area contributed by atoms with Gasteiger partial charge in [0.05, 0.1) is 17.6 Å². The Labute approximate surface area is 139 Å². The van der Waals surface area contributed by atoms with Crippen LogP contribution in [0.5, 0.6) is 0 Å². The highest BCUT2D eigenvalue weighted by Gasteiger charge is 2.24. The molecule has 7 heteroatoms. The molecule has 1 aromatic carbocycles. The minimum Gasteiger partial charge on any atom is -0.350 e. The Morgan fingerprint density at radius 1 is 1.33 bits per heavy atom. The number of imidazole rings is 1. The number of anilines is 1. The summed E-state index contributed by atoms with van der Waals surface area (Å²) in [6.07, 6.45) is -0.437. The molecule has 1 saturated heterocycles. The second-order valence-electron chi connectivity index (χ2n) is 6.29. The summed E-state index contributed by atoms with van der Waals surface area (Å²) in [6.45, 7) is 1.09. The van der Waals surface area contributed by atoms with Crippen molar-refractivity contribution in [3.05, 3.63) is 24.3 Å². The minimum absolute atomic E-state index is 0.244. The van der Waals surface area contributed by atoms with E-state index in [2.05, 4.69) is 14.8 Å². The van der Waals surface area contributed by atoms with Crippen LogP contribution >= 0.6 is 0 Å². The maximum atomic E-state index is 12.1. The molecule has 0 spiro atoms. The van der Waals surface area contributed by atoms with Gasteiger partial charge in [-0.25, -0.2) is 13.8 Å². The molecule has 24 heavy (non-hydrogen) atoms. The Morgan fingerprint density at radius 2 is 2.04 bits per heavy atom. The van der Waals surface area contributed by atoms with E-state index in [0.29, 0.717) is 6.42 Å². The van der Waals surface area contributed by atoms with Crippen molar-refractivity contribution in [2.24, 2.45) is 13.0 Å². The molecule has 0 saturated carbocycles. The SMILES string of the molecule is Cn1c(N2CCC(CC(=O)NCC(F)F)CC2)nc2ccccc21. The zero-order chi connectivity index (χ0) is 17.1. The second-order valence-corrected chi connectivity index (χ2v) is 6.29. The number of aromatic nitrogens is 2. The van der Waals surface area contributed by atoms with E-state index in [4.69, 9.17) is 4.98 Å². The number of piperidine rings is 1. The molecular weight excluding hydrogens is 314 g/mol. The first kappa shape index (κ1) is 16.7. The van der Waals surface area contributed by atoms with Crippen LogP contribution in [0.4, 0.5) is 14.7 Å². The quantitative estimate of drug-likeness (QED) is 0.913. The predicted octanol–water partition coefficient (Wildman–Crippen LogP) is 2.56. The summed E-state index contributed by atoms with van der Waals surface area (Å²) in [5.41, 5.74) is 2.07. The number of para-hydroxylation sites is 2. The van der Waals surface area contributed by atoms with Gasteiger partial charge < -0.3 is 14.8 Å². The molecule has 1 aromatic heterocycles. The number of halogens is 2. The number of carbonyl (C=O) groups is 1. The summed E-state index contributed by atoms with van der Waals surface area (Å²) in [4.78, 5) is 18.6. The molecule has 130 valence electrons. The van der Waals surface area contributed by atoms with E-state index in [-0.39, 0.29) is 11.8 Å². The van der Waals surface area contributed by atoms with Gasteiger partial charge in [-0.3, -0.25) is 4.79 Å². The van der Waals surface area contributed by atoms with Crippen LogP contribution in [0.25, 0.3) is 11.0 Å². The molecule has 0 bridgehead atoms. The molecule has 1 aliphatic rings. The lowest BCUT2D eigenvalue weighted by molar-refractivity contribution is -0.122. The Kier molecular flexibility index (Phi) is 4.97. The van der Waals surface area contributed by atoms with Gasteiger partial charge in [-0.15, -0.1) is 0 Å². The molecule has 1 aliphatic heterocycles. The van der Waals surface area contributed by atoms with Gasteiger partial charge in [0.1, 0.15) is 0 Å². The normalized spacial score (nSPS) is 16.1. The topological polar surface area (TPSA) is 50.2 Å². The minimum atomic E-state index is -2.49. The smallest absolute Gasteiger partial charge is 0.255 e. The number of amides is 1. The van der Waals surface area contributed by atoms with Gasteiger partial charge in [-0.05, 0) is 30.9 Å². The van der Waals surface area contributed by atoms with Gasteiger partial charge in [0.15, 0.2) is 0 Å². The van der Waals surface area contributed by atoms with Gasteiger partial charge >= 0.3 is 0 Å². The fraction of sp³-hybridized carbons (Fsp3) is 0.529. The number of rotatable bonds is 5. The average molecular weight is 336 g/mol. The fourth-order valence-electron chi connectivity index (χ4n) is 3.28. The van der Waals surface area contributed by atoms with E-state index in [0.717, 1.165) is 42.9 Å². The summed E-state index contributed by atoms with van der Waals surface area (Å²) in [7, 11) is 2.01. The van der Waals surface area contributed by atoms with Gasteiger partial charge in [-0.1, -0.05) is 12.1 Å². The maximum absolute atomic E-state index is 12.1. The average Bonchev–Trinajstić information content (AvgIpc) is 2.91. The molecule has 1 fully saturated rings. The number of hydrogen-bond acceptors (Lipinski definition) is 3. The van der Waals surface area contributed by atoms with E-state index in [1.807, 2.05) is 31.3 Å². The van der Waals surface area contributed by atoms with Crippen LogP contribution in [0.2, 0.25) is 0 Å². The number of nitrogens with one attached hydrogen (secondary N) is 1. The lowest BCUT2D eigenvalue weighted by atomic mass is 9.93. The third-order valence-corrected chi connectivity index (χ3v) is 4.59. The summed E-state index contributed by atoms with van der Waals surface area (Å²) in [5, 5.41) is 2.28. The van der Waals surface area contributed by atoms with Gasteiger partial charge in [-0.2, -0.15) is 0 Å². The van der Waals surface area contributed by atoms with Crippen LogP contribution in [-0.2, 0) is 11.8 Å². The van der Waals surface area contributed by atoms with E-state index in [1.165, 1.54) is 0 Å². The molecule has 2 aromatic rings. The van der Waals surface area contributed by atoms with Crippen molar-refractivity contribution < 1.29 is 13.6 Å². The largest absolute Gasteiger partial charge is 0.350 e. The molecule has 2 heterocycles. The van der Waals surface area contributed by atoms with Crippen LogP contribution in [0.3, 0.4) is 0 Å². The Bertz CT molecular complexity index is 708. The predicted molar refractivity (Wildman–Crippen MR) is 89.3 cm³/mol. The van der Waals surface area contributed by atoms with Crippen LogP contribution in [0.1, 0.15) is 19.3 Å². The number of carbonyl (C=O) groups excluding carboxylic acids is 1. The number of hydrogen-bond donors (Lipinski definition) is 1. The van der Waals surface area contributed by atoms with Crippen molar-refractivity contribution in [3.63, 3.8) is 0 Å². The van der Waals surface area contributed by atoms with Gasteiger partial charge in [0.25, 0.3) is 6.43 Å². The van der Waals surface area contributed by atoms with E-state index < -0.39 is 13.0 Å². The Morgan fingerprint density at radius 3 is 2.71 bits per heavy atom. The third-order valence-electron chi connectivity index (χ3n) is 4.59. The zero-order valence-electron chi connectivity index (χ0n) is 13.7. The maximum Gasteiger partial charge on any atom is 0.255 e. The number of nitrogens with zero attached hydrogens (tertiary/aromatic N) is 3. The summed E-state index contributed by atoms with van der Waals surface area (Å²) in [5.74, 6) is 0.905. The molecule has 3 rings (SSSR count). The molecule has 0 atom stereocenters. The lowest BCUT2D eigenvalue weighted by Gasteiger charge is -2.32. The fourth-order valence-corrected chi connectivity index (χ4v) is 3.28. The van der Waals surface area contributed by atoms with Crippen molar-refractivity contribution in [3.8, 4) is 0 Å². The van der Waals surface area contributed by atoms with Crippen molar-refractivity contribution in [2.75, 3.05) is 24.5 Å². The summed E-state index contributed by atoms with van der Waals surface area (Å²) >= 11 is 0. The van der Waals surface area contributed by atoms with Crippen molar-refractivity contribution >= 4 is 22.9 Å². The molecular formula is C17H22F2N4O. The Hall–Kier alpha value is -2.18. The van der Waals surface area contributed by atoms with Crippen LogP contribution < -0.4 is 10.2 Å². The highest BCUT2D eigenvalue weighted by atomic mass is 19.3. The van der Waals surface area contributed by atoms with Crippen molar-refractivity contribution in [1.82, 2.24) is 14.9 Å². The van der Waals surface area contributed by atoms with Crippen molar-refractivity contribution in [2.45, 2.75) is 25.7 Å². The Balaban J connectivity index is 1.56. The van der Waals surface area contributed by atoms with Crippen LogP contribution in [-0.4, -0.2) is 41.5 Å². The number of aryl methyl sites for hydroxylation is 1. The second kappa shape index (κ2) is 7.15. The molecule has 0 unspecified atom stereocenters. The third kappa shape index (κ3) is 3.66. The number of alkyl halides is 2. The first-order valence-corrected chi connectivity index (χ1v) is 8.26. The zero-order valence-corrected chi connectivity index (χ0v) is 13.7. The summed E-state index contributed by atoms with van der Waals surface area (Å²) < 4.78 is 26.3. The number of benzene rings is 1. The van der Waals surface area contributed by atoms with Gasteiger partial charge in [0.2, 0.25) is 11.9 Å². The first-order valence-electron chi connectivity index (χ1n) is 8.26. The van der Waals surface area contributed by atoms with Crippen LogP contribution in [0, 0.1) is 5.92 Å². The summed E-state index contributed by atoms with van der Waals surface area (Å²) in [6, 6.07) is 8.02. The number of fused-ring (bicyclic) bond motifs is 1. The molecule has 5 nitrogen and oxygen atoms in total. The molecule has 1 N–H and O–H groups in total. The first-order chi connectivity index (χ1) is 11.5. The highest BCUT2D eigenvalue weighted by Crippen LogP contribution is 2.27. The van der Waals surface area contributed by atoms with Crippen LogP contribution in [0.15, 0.2) is 24.3 Å². The standard InChI is InChI=1S/C17H22F2N4O/c1-22-14-5-3-2-4-13(14)21-17(22)23-8-6-12(7-9-23)10-16(24)20-11-15(18)19/h2-5,12,15H,6-11H2,1H3,(H,20,24). The van der Waals surface area contributed by atoms with E-state index in [1.54, 1.807) is 0 Å². The van der Waals surface area contributed by atoms with E-state index in [9.17, 15) is 13.6 Å². The highest BCUT2D eigenvalue weighted by molar-refractivity contribution is 5.78. The molecule has 1 amide bonds.